The van der Waals surface area contributed by atoms with E-state index in [-0.39, 0.29) is 17.9 Å². The van der Waals surface area contributed by atoms with Crippen molar-refractivity contribution in [2.24, 2.45) is 0 Å². The number of ether oxygens (including phenoxy) is 1. The van der Waals surface area contributed by atoms with Crippen LogP contribution in [0.3, 0.4) is 0 Å². The van der Waals surface area contributed by atoms with Gasteiger partial charge in [0.15, 0.2) is 0 Å². The first-order valence-corrected chi connectivity index (χ1v) is 10.5. The highest BCUT2D eigenvalue weighted by molar-refractivity contribution is 5.89. The van der Waals surface area contributed by atoms with Crippen LogP contribution in [-0.2, 0) is 16.0 Å². The molecule has 0 radical (unpaired) electrons. The molecule has 2 aromatic rings. The minimum Gasteiger partial charge on any atom is -0.465 e. The van der Waals surface area contributed by atoms with E-state index in [4.69, 9.17) is 4.74 Å². The largest absolute Gasteiger partial charge is 0.465 e. The third-order valence-corrected chi connectivity index (χ3v) is 5.74. The molecule has 6 heteroatoms. The molecule has 0 spiro atoms. The summed E-state index contributed by atoms with van der Waals surface area (Å²) >= 11 is 0. The van der Waals surface area contributed by atoms with Crippen LogP contribution in [0, 0.1) is 6.92 Å². The summed E-state index contributed by atoms with van der Waals surface area (Å²) in [5.41, 5.74) is 4.17. The second-order valence-corrected chi connectivity index (χ2v) is 7.83. The van der Waals surface area contributed by atoms with Crippen LogP contribution in [0.15, 0.2) is 48.5 Å². The molecule has 3 rings (SSSR count). The molecule has 1 aliphatic heterocycles. The molecular formula is C24H31N3O3. The van der Waals surface area contributed by atoms with Crippen molar-refractivity contribution in [1.82, 2.24) is 10.2 Å². The Morgan fingerprint density at radius 1 is 1.10 bits per heavy atom. The first-order valence-electron chi connectivity index (χ1n) is 10.5. The average Bonchev–Trinajstić information content (AvgIpc) is 2.76. The minimum absolute atomic E-state index is 0.0753. The fourth-order valence-corrected chi connectivity index (χ4v) is 3.86. The lowest BCUT2D eigenvalue weighted by molar-refractivity contribution is -0.122. The van der Waals surface area contributed by atoms with E-state index in [2.05, 4.69) is 41.1 Å². The molecule has 0 saturated carbocycles. The van der Waals surface area contributed by atoms with Crippen molar-refractivity contribution in [2.75, 3.05) is 44.7 Å². The molecule has 30 heavy (non-hydrogen) atoms. The van der Waals surface area contributed by atoms with Crippen LogP contribution in [-0.4, -0.2) is 62.7 Å². The summed E-state index contributed by atoms with van der Waals surface area (Å²) in [4.78, 5) is 28.5. The highest BCUT2D eigenvalue weighted by Crippen LogP contribution is 2.20. The number of piperazine rings is 1. The van der Waals surface area contributed by atoms with Gasteiger partial charge in [0.25, 0.3) is 0 Å². The molecule has 1 fully saturated rings. The molecule has 1 heterocycles. The quantitative estimate of drug-likeness (QED) is 0.713. The van der Waals surface area contributed by atoms with Gasteiger partial charge >= 0.3 is 5.97 Å². The Morgan fingerprint density at radius 2 is 1.83 bits per heavy atom. The Morgan fingerprint density at radius 3 is 2.50 bits per heavy atom. The maximum Gasteiger partial charge on any atom is 0.337 e. The monoisotopic (exact) mass is 409 g/mol. The van der Waals surface area contributed by atoms with Crippen molar-refractivity contribution in [3.05, 3.63) is 65.2 Å². The molecule has 1 aliphatic rings. The van der Waals surface area contributed by atoms with Crippen LogP contribution in [0.4, 0.5) is 5.69 Å². The number of carbonyl (C=O) groups is 2. The molecule has 1 atom stereocenters. The Hall–Kier alpha value is -2.86. The van der Waals surface area contributed by atoms with E-state index in [0.29, 0.717) is 18.7 Å². The van der Waals surface area contributed by atoms with Crippen molar-refractivity contribution >= 4 is 17.6 Å². The van der Waals surface area contributed by atoms with Crippen molar-refractivity contribution in [1.29, 1.82) is 0 Å². The smallest absolute Gasteiger partial charge is 0.337 e. The van der Waals surface area contributed by atoms with Crippen molar-refractivity contribution in [3.63, 3.8) is 0 Å². The van der Waals surface area contributed by atoms with Gasteiger partial charge in [-0.2, -0.15) is 0 Å². The predicted molar refractivity (Wildman–Crippen MR) is 119 cm³/mol. The molecule has 2 aromatic carbocycles. The third-order valence-electron chi connectivity index (χ3n) is 5.74. The van der Waals surface area contributed by atoms with Crippen LogP contribution in [0.25, 0.3) is 0 Å². The molecule has 0 bridgehead atoms. The van der Waals surface area contributed by atoms with Crippen LogP contribution in [0.1, 0.15) is 28.4 Å². The zero-order valence-electron chi connectivity index (χ0n) is 18.1. The normalized spacial score (nSPS) is 16.9. The van der Waals surface area contributed by atoms with E-state index in [1.807, 2.05) is 24.3 Å². The van der Waals surface area contributed by atoms with Crippen LogP contribution >= 0.6 is 0 Å². The van der Waals surface area contributed by atoms with E-state index >= 15 is 0 Å². The molecular weight excluding hydrogens is 378 g/mol. The first kappa shape index (κ1) is 21.8. The maximum absolute atomic E-state index is 12.4. The molecule has 1 saturated heterocycles. The van der Waals surface area contributed by atoms with E-state index in [1.54, 1.807) is 12.1 Å². The fraction of sp³-hybridized carbons (Fsp3) is 0.417. The van der Waals surface area contributed by atoms with E-state index in [9.17, 15) is 9.59 Å². The summed E-state index contributed by atoms with van der Waals surface area (Å²) in [5, 5.41) is 3.05. The van der Waals surface area contributed by atoms with E-state index < -0.39 is 0 Å². The molecule has 160 valence electrons. The van der Waals surface area contributed by atoms with E-state index in [0.717, 1.165) is 31.7 Å². The number of aryl methyl sites for hydroxylation is 1. The molecule has 1 N–H and O–H groups in total. The van der Waals surface area contributed by atoms with Gasteiger partial charge in [-0.05, 0) is 55.7 Å². The number of carbonyl (C=O) groups excluding carboxylic acids is 2. The summed E-state index contributed by atoms with van der Waals surface area (Å²) in [6, 6.07) is 16.0. The second-order valence-electron chi connectivity index (χ2n) is 7.83. The minimum atomic E-state index is -0.326. The van der Waals surface area contributed by atoms with Gasteiger partial charge < -0.3 is 15.0 Å². The summed E-state index contributed by atoms with van der Waals surface area (Å²) in [5.74, 6) is -0.250. The van der Waals surface area contributed by atoms with Gasteiger partial charge in [0.1, 0.15) is 0 Å². The number of hydrogen-bond donors (Lipinski definition) is 1. The Bertz CT molecular complexity index is 866. The van der Waals surface area contributed by atoms with Crippen molar-refractivity contribution < 1.29 is 14.3 Å². The fourth-order valence-electron chi connectivity index (χ4n) is 3.86. The number of nitrogens with zero attached hydrogens (tertiary/aromatic N) is 2. The number of benzene rings is 2. The van der Waals surface area contributed by atoms with Crippen LogP contribution in [0.5, 0.6) is 0 Å². The number of nitrogens with one attached hydrogen (secondary N) is 1. The lowest BCUT2D eigenvalue weighted by Gasteiger charge is -2.40. The van der Waals surface area contributed by atoms with Gasteiger partial charge in [-0.3, -0.25) is 9.69 Å². The summed E-state index contributed by atoms with van der Waals surface area (Å²) in [6.07, 6.45) is 0.851. The predicted octanol–water partition coefficient (Wildman–Crippen LogP) is 2.65. The van der Waals surface area contributed by atoms with Gasteiger partial charge in [0.05, 0.1) is 19.2 Å². The Kier molecular flexibility index (Phi) is 7.46. The standard InChI is InChI=1S/C24H31N3O3/c1-18-6-4-5-7-20(18)12-13-25-23(28)17-26-14-15-27(16-19(26)2)22-10-8-21(9-11-22)24(29)30-3/h4-11,19H,12-17H2,1-3H3,(H,25,28). The highest BCUT2D eigenvalue weighted by Gasteiger charge is 2.25. The maximum atomic E-state index is 12.4. The number of methoxy groups -OCH3 is 1. The van der Waals surface area contributed by atoms with Gasteiger partial charge in [0, 0.05) is 37.9 Å². The Labute approximate surface area is 178 Å². The van der Waals surface area contributed by atoms with Gasteiger partial charge in [0.2, 0.25) is 5.91 Å². The third kappa shape index (κ3) is 5.60. The van der Waals surface area contributed by atoms with Crippen molar-refractivity contribution in [3.8, 4) is 0 Å². The number of anilines is 1. The zero-order chi connectivity index (χ0) is 21.5. The van der Waals surface area contributed by atoms with Gasteiger partial charge in [-0.1, -0.05) is 24.3 Å². The number of rotatable bonds is 7. The average molecular weight is 410 g/mol. The lowest BCUT2D eigenvalue weighted by Crippen LogP contribution is -2.54. The number of hydrogen-bond acceptors (Lipinski definition) is 5. The zero-order valence-corrected chi connectivity index (χ0v) is 18.1. The molecule has 1 unspecified atom stereocenters. The molecule has 0 aliphatic carbocycles. The van der Waals surface area contributed by atoms with E-state index in [1.165, 1.54) is 18.2 Å². The second kappa shape index (κ2) is 10.3. The van der Waals surface area contributed by atoms with Gasteiger partial charge in [-0.25, -0.2) is 4.79 Å². The lowest BCUT2D eigenvalue weighted by atomic mass is 10.1. The summed E-state index contributed by atoms with van der Waals surface area (Å²) in [7, 11) is 1.38. The summed E-state index contributed by atoms with van der Waals surface area (Å²) < 4.78 is 4.75. The topological polar surface area (TPSA) is 61.9 Å². The number of amides is 1. The molecule has 1 amide bonds. The summed E-state index contributed by atoms with van der Waals surface area (Å²) in [6.45, 7) is 7.84. The number of esters is 1. The first-order chi connectivity index (χ1) is 14.5. The molecule has 6 nitrogen and oxygen atoms in total. The Balaban J connectivity index is 1.45. The van der Waals surface area contributed by atoms with Crippen molar-refractivity contribution in [2.45, 2.75) is 26.3 Å². The highest BCUT2D eigenvalue weighted by atomic mass is 16.5. The van der Waals surface area contributed by atoms with Gasteiger partial charge in [-0.15, -0.1) is 0 Å². The SMILES string of the molecule is COC(=O)c1ccc(N2CCN(CC(=O)NCCc3ccccc3C)C(C)C2)cc1. The van der Waals surface area contributed by atoms with Crippen LogP contribution in [0.2, 0.25) is 0 Å². The molecule has 0 aromatic heterocycles. The van der Waals surface area contributed by atoms with Crippen LogP contribution < -0.4 is 10.2 Å².